The van der Waals surface area contributed by atoms with E-state index in [-0.39, 0.29) is 16.9 Å². The highest BCUT2D eigenvalue weighted by molar-refractivity contribution is 6.06. The number of aromatic carboxylic acids is 1. The molecule has 6 heteroatoms. The number of aryl methyl sites for hydroxylation is 1. The minimum Gasteiger partial charge on any atom is -0.497 e. The lowest BCUT2D eigenvalue weighted by Gasteiger charge is -2.10. The fourth-order valence-electron chi connectivity index (χ4n) is 1.80. The summed E-state index contributed by atoms with van der Waals surface area (Å²) < 4.78 is 5.04. The molecular weight excluding hydrogens is 272 g/mol. The van der Waals surface area contributed by atoms with Crippen LogP contribution in [0.5, 0.6) is 5.75 Å². The third-order valence-electron chi connectivity index (χ3n) is 2.83. The number of pyridine rings is 1. The van der Waals surface area contributed by atoms with Crippen LogP contribution in [-0.4, -0.2) is 29.1 Å². The highest BCUT2D eigenvalue weighted by Gasteiger charge is 2.15. The van der Waals surface area contributed by atoms with Crippen molar-refractivity contribution >= 4 is 17.6 Å². The molecule has 1 aromatic heterocycles. The van der Waals surface area contributed by atoms with Gasteiger partial charge in [0.05, 0.1) is 18.4 Å². The van der Waals surface area contributed by atoms with E-state index >= 15 is 0 Å². The summed E-state index contributed by atoms with van der Waals surface area (Å²) >= 11 is 0. The van der Waals surface area contributed by atoms with Crippen molar-refractivity contribution in [3.63, 3.8) is 0 Å². The average molecular weight is 286 g/mol. The SMILES string of the molecule is COc1ccc(C(=O)O)c(NC(=O)c2cccc(C)n2)c1. The molecule has 0 radical (unpaired) electrons. The van der Waals surface area contributed by atoms with Crippen LogP contribution in [0.4, 0.5) is 5.69 Å². The van der Waals surface area contributed by atoms with Crippen LogP contribution in [0, 0.1) is 6.92 Å². The van der Waals surface area contributed by atoms with Crippen molar-refractivity contribution in [2.75, 3.05) is 12.4 Å². The van der Waals surface area contributed by atoms with Crippen molar-refractivity contribution in [3.05, 3.63) is 53.3 Å². The zero-order valence-corrected chi connectivity index (χ0v) is 11.6. The molecule has 0 saturated carbocycles. The number of carboxylic acids is 1. The molecule has 0 spiro atoms. The number of benzene rings is 1. The van der Waals surface area contributed by atoms with Gasteiger partial charge < -0.3 is 15.2 Å². The van der Waals surface area contributed by atoms with Gasteiger partial charge >= 0.3 is 5.97 Å². The number of aromatic nitrogens is 1. The molecular formula is C15H14N2O4. The maximum absolute atomic E-state index is 12.1. The van der Waals surface area contributed by atoms with Crippen LogP contribution < -0.4 is 10.1 Å². The van der Waals surface area contributed by atoms with Gasteiger partial charge in [0.15, 0.2) is 0 Å². The molecule has 2 aromatic rings. The minimum absolute atomic E-state index is 0.0168. The average Bonchev–Trinajstić information content (AvgIpc) is 2.46. The van der Waals surface area contributed by atoms with Crippen LogP contribution in [0.25, 0.3) is 0 Å². The van der Waals surface area contributed by atoms with Crippen LogP contribution in [-0.2, 0) is 0 Å². The number of anilines is 1. The normalized spacial score (nSPS) is 10.0. The van der Waals surface area contributed by atoms with E-state index in [1.54, 1.807) is 25.1 Å². The summed E-state index contributed by atoms with van der Waals surface area (Å²) in [5.74, 6) is -1.16. The number of carboxylic acid groups (broad SMARTS) is 1. The largest absolute Gasteiger partial charge is 0.497 e. The first-order valence-corrected chi connectivity index (χ1v) is 6.17. The summed E-state index contributed by atoms with van der Waals surface area (Å²) in [6, 6.07) is 9.39. The molecule has 1 aromatic carbocycles. The zero-order chi connectivity index (χ0) is 15.4. The predicted molar refractivity (Wildman–Crippen MR) is 76.9 cm³/mol. The highest BCUT2D eigenvalue weighted by Crippen LogP contribution is 2.23. The number of hydrogen-bond donors (Lipinski definition) is 2. The van der Waals surface area contributed by atoms with Crippen LogP contribution >= 0.6 is 0 Å². The van der Waals surface area contributed by atoms with Gasteiger partial charge in [0.2, 0.25) is 0 Å². The second kappa shape index (κ2) is 6.04. The number of carbonyl (C=O) groups excluding carboxylic acids is 1. The van der Waals surface area contributed by atoms with Crippen molar-refractivity contribution in [2.24, 2.45) is 0 Å². The quantitative estimate of drug-likeness (QED) is 0.900. The van der Waals surface area contributed by atoms with E-state index in [9.17, 15) is 9.59 Å². The van der Waals surface area contributed by atoms with Crippen LogP contribution in [0.3, 0.4) is 0 Å². The van der Waals surface area contributed by atoms with E-state index < -0.39 is 11.9 Å². The summed E-state index contributed by atoms with van der Waals surface area (Å²) in [5, 5.41) is 11.7. The Bertz CT molecular complexity index is 698. The Morgan fingerprint density at radius 1 is 1.24 bits per heavy atom. The topological polar surface area (TPSA) is 88.5 Å². The summed E-state index contributed by atoms with van der Waals surface area (Å²) in [5.41, 5.74) is 1.06. The third-order valence-corrected chi connectivity index (χ3v) is 2.83. The number of carbonyl (C=O) groups is 2. The number of methoxy groups -OCH3 is 1. The van der Waals surface area contributed by atoms with E-state index in [1.807, 2.05) is 0 Å². The summed E-state index contributed by atoms with van der Waals surface area (Å²) in [4.78, 5) is 27.4. The molecule has 0 aliphatic heterocycles. The maximum Gasteiger partial charge on any atom is 0.337 e. The van der Waals surface area contributed by atoms with Crippen molar-refractivity contribution in [1.29, 1.82) is 0 Å². The number of hydrogen-bond acceptors (Lipinski definition) is 4. The predicted octanol–water partition coefficient (Wildman–Crippen LogP) is 2.35. The van der Waals surface area contributed by atoms with Gasteiger partial charge in [-0.3, -0.25) is 4.79 Å². The fourth-order valence-corrected chi connectivity index (χ4v) is 1.80. The Kier molecular flexibility index (Phi) is 4.18. The molecule has 0 aliphatic rings. The molecule has 21 heavy (non-hydrogen) atoms. The Morgan fingerprint density at radius 2 is 2.00 bits per heavy atom. The van der Waals surface area contributed by atoms with Gasteiger partial charge in [0.25, 0.3) is 5.91 Å². The van der Waals surface area contributed by atoms with Crippen LogP contribution in [0.15, 0.2) is 36.4 Å². The smallest absolute Gasteiger partial charge is 0.337 e. The lowest BCUT2D eigenvalue weighted by Crippen LogP contribution is -2.16. The van der Waals surface area contributed by atoms with Crippen molar-refractivity contribution < 1.29 is 19.4 Å². The van der Waals surface area contributed by atoms with Gasteiger partial charge in [-0.05, 0) is 31.2 Å². The van der Waals surface area contributed by atoms with Crippen molar-refractivity contribution in [3.8, 4) is 5.75 Å². The first kappa shape index (κ1) is 14.5. The molecule has 0 atom stereocenters. The number of nitrogens with one attached hydrogen (secondary N) is 1. The fraction of sp³-hybridized carbons (Fsp3) is 0.133. The standard InChI is InChI=1S/C15H14N2O4/c1-9-4-3-5-12(16-9)14(18)17-13-8-10(21-2)6-7-11(13)15(19)20/h3-8H,1-2H3,(H,17,18)(H,19,20). The van der Waals surface area contributed by atoms with Gasteiger partial charge in [0, 0.05) is 11.8 Å². The Hall–Kier alpha value is -2.89. The molecule has 0 saturated heterocycles. The van der Waals surface area contributed by atoms with E-state index in [4.69, 9.17) is 9.84 Å². The van der Waals surface area contributed by atoms with Crippen LogP contribution in [0.2, 0.25) is 0 Å². The van der Waals surface area contributed by atoms with Gasteiger partial charge in [-0.15, -0.1) is 0 Å². The lowest BCUT2D eigenvalue weighted by molar-refractivity contribution is 0.0698. The van der Waals surface area contributed by atoms with Gasteiger partial charge in [-0.1, -0.05) is 6.07 Å². The molecule has 1 heterocycles. The van der Waals surface area contributed by atoms with E-state index in [1.165, 1.54) is 25.3 Å². The first-order valence-electron chi connectivity index (χ1n) is 6.17. The molecule has 2 N–H and O–H groups in total. The van der Waals surface area contributed by atoms with Gasteiger partial charge in [-0.25, -0.2) is 9.78 Å². The molecule has 2 rings (SSSR count). The number of ether oxygens (including phenoxy) is 1. The molecule has 0 bridgehead atoms. The molecule has 0 aliphatic carbocycles. The summed E-state index contributed by atoms with van der Waals surface area (Å²) in [6.45, 7) is 1.77. The molecule has 0 fully saturated rings. The second-order valence-electron chi connectivity index (χ2n) is 4.33. The zero-order valence-electron chi connectivity index (χ0n) is 11.6. The molecule has 6 nitrogen and oxygen atoms in total. The monoisotopic (exact) mass is 286 g/mol. The van der Waals surface area contributed by atoms with E-state index in [2.05, 4.69) is 10.3 Å². The number of nitrogens with zero attached hydrogens (tertiary/aromatic N) is 1. The summed E-state index contributed by atoms with van der Waals surface area (Å²) in [7, 11) is 1.46. The van der Waals surface area contributed by atoms with Crippen molar-refractivity contribution in [2.45, 2.75) is 6.92 Å². The molecule has 108 valence electrons. The molecule has 1 amide bonds. The first-order chi connectivity index (χ1) is 10.0. The third kappa shape index (κ3) is 3.36. The van der Waals surface area contributed by atoms with E-state index in [0.29, 0.717) is 11.4 Å². The lowest BCUT2D eigenvalue weighted by atomic mass is 10.1. The Labute approximate surface area is 121 Å². The van der Waals surface area contributed by atoms with E-state index in [0.717, 1.165) is 0 Å². The van der Waals surface area contributed by atoms with Crippen LogP contribution in [0.1, 0.15) is 26.5 Å². The minimum atomic E-state index is -1.13. The second-order valence-corrected chi connectivity index (χ2v) is 4.33. The highest BCUT2D eigenvalue weighted by atomic mass is 16.5. The Balaban J connectivity index is 2.33. The molecule has 0 unspecified atom stereocenters. The van der Waals surface area contributed by atoms with Gasteiger partial charge in [0.1, 0.15) is 11.4 Å². The summed E-state index contributed by atoms with van der Waals surface area (Å²) in [6.07, 6.45) is 0. The Morgan fingerprint density at radius 3 is 2.62 bits per heavy atom. The van der Waals surface area contributed by atoms with Gasteiger partial charge in [-0.2, -0.15) is 0 Å². The van der Waals surface area contributed by atoms with Crippen molar-refractivity contribution in [1.82, 2.24) is 4.98 Å². The number of amides is 1. The number of rotatable bonds is 4. The maximum atomic E-state index is 12.1.